The fourth-order valence-corrected chi connectivity index (χ4v) is 2.72. The minimum atomic E-state index is -0.497. The molecule has 0 atom stereocenters. The molecule has 0 unspecified atom stereocenters. The van der Waals surface area contributed by atoms with Gasteiger partial charge in [0.15, 0.2) is 0 Å². The van der Waals surface area contributed by atoms with Crippen LogP contribution in [0.3, 0.4) is 0 Å². The molecule has 23 heavy (non-hydrogen) atoms. The van der Waals surface area contributed by atoms with E-state index in [1.54, 1.807) is 30.5 Å². The lowest BCUT2D eigenvalue weighted by atomic mass is 10.1. The van der Waals surface area contributed by atoms with Crippen LogP contribution in [0.25, 0.3) is 22.6 Å². The molecule has 8 heteroatoms. The monoisotopic (exact) mass is 367 g/mol. The molecular weight excluding hydrogens is 361 g/mol. The first-order chi connectivity index (χ1) is 11.0. The van der Waals surface area contributed by atoms with Crippen molar-refractivity contribution in [3.05, 3.63) is 67.8 Å². The highest BCUT2D eigenvalue weighted by Gasteiger charge is 2.21. The van der Waals surface area contributed by atoms with Crippen LogP contribution in [0.1, 0.15) is 0 Å². The molecule has 0 aliphatic rings. The second-order valence-electron chi connectivity index (χ2n) is 4.67. The number of nitrogens with zero attached hydrogens (tertiary/aromatic N) is 2. The molecule has 1 aromatic heterocycles. The number of aromatic nitrogens is 2. The summed E-state index contributed by atoms with van der Waals surface area (Å²) in [5.74, 6) is 0.309. The van der Waals surface area contributed by atoms with Gasteiger partial charge in [0.2, 0.25) is 0 Å². The van der Waals surface area contributed by atoms with Crippen LogP contribution in [0.4, 0.5) is 5.69 Å². The number of rotatable bonds is 3. The van der Waals surface area contributed by atoms with E-state index in [1.165, 1.54) is 12.1 Å². The molecule has 5 nitrogen and oxygen atoms in total. The normalized spacial score (nSPS) is 10.7. The lowest BCUT2D eigenvalue weighted by molar-refractivity contribution is -0.384. The first-order valence-electron chi connectivity index (χ1n) is 6.41. The maximum Gasteiger partial charge on any atom is 0.281 e. The molecule has 1 heterocycles. The zero-order chi connectivity index (χ0) is 16.6. The Balaban J connectivity index is 2.09. The van der Waals surface area contributed by atoms with Crippen molar-refractivity contribution < 1.29 is 4.92 Å². The summed E-state index contributed by atoms with van der Waals surface area (Å²) in [6, 6.07) is 9.59. The van der Waals surface area contributed by atoms with Crippen LogP contribution in [0.5, 0.6) is 0 Å². The third-order valence-corrected chi connectivity index (χ3v) is 4.29. The molecule has 0 saturated heterocycles. The van der Waals surface area contributed by atoms with Crippen molar-refractivity contribution in [2.45, 2.75) is 0 Å². The highest BCUT2D eigenvalue weighted by molar-refractivity contribution is 6.42. The molecule has 0 spiro atoms. The van der Waals surface area contributed by atoms with Crippen molar-refractivity contribution in [1.82, 2.24) is 9.97 Å². The predicted molar refractivity (Wildman–Crippen MR) is 91.1 cm³/mol. The van der Waals surface area contributed by atoms with Crippen molar-refractivity contribution in [3.63, 3.8) is 0 Å². The summed E-state index contributed by atoms with van der Waals surface area (Å²) in [7, 11) is 0. The number of benzene rings is 2. The highest BCUT2D eigenvalue weighted by atomic mass is 35.5. The summed E-state index contributed by atoms with van der Waals surface area (Å²) < 4.78 is 0. The van der Waals surface area contributed by atoms with E-state index < -0.39 is 4.92 Å². The van der Waals surface area contributed by atoms with Gasteiger partial charge in [0, 0.05) is 11.6 Å². The topological polar surface area (TPSA) is 71.8 Å². The molecule has 3 rings (SSSR count). The number of aromatic amines is 1. The van der Waals surface area contributed by atoms with Crippen LogP contribution < -0.4 is 0 Å². The average Bonchev–Trinajstić information content (AvgIpc) is 2.99. The van der Waals surface area contributed by atoms with Crippen LogP contribution in [-0.2, 0) is 0 Å². The molecule has 116 valence electrons. The molecule has 0 bridgehead atoms. The largest absolute Gasteiger partial charge is 0.338 e. The summed E-state index contributed by atoms with van der Waals surface area (Å²) in [4.78, 5) is 17.9. The van der Waals surface area contributed by atoms with Crippen LogP contribution in [0, 0.1) is 10.1 Å². The van der Waals surface area contributed by atoms with Crippen LogP contribution in [0.2, 0.25) is 15.1 Å². The maximum absolute atomic E-state index is 11.2. The predicted octanol–water partition coefficient (Wildman–Crippen LogP) is 5.61. The summed E-state index contributed by atoms with van der Waals surface area (Å²) in [6.07, 6.45) is 1.56. The fourth-order valence-electron chi connectivity index (χ4n) is 2.16. The van der Waals surface area contributed by atoms with Crippen LogP contribution >= 0.6 is 34.8 Å². The third-order valence-electron chi connectivity index (χ3n) is 3.23. The van der Waals surface area contributed by atoms with Gasteiger partial charge in [-0.25, -0.2) is 4.98 Å². The van der Waals surface area contributed by atoms with E-state index in [9.17, 15) is 10.1 Å². The summed E-state index contributed by atoms with van der Waals surface area (Å²) >= 11 is 18.0. The van der Waals surface area contributed by atoms with Gasteiger partial charge in [-0.3, -0.25) is 10.1 Å². The van der Waals surface area contributed by atoms with Crippen molar-refractivity contribution in [2.24, 2.45) is 0 Å². The van der Waals surface area contributed by atoms with Gasteiger partial charge in [-0.15, -0.1) is 0 Å². The van der Waals surface area contributed by atoms with Gasteiger partial charge in [-0.05, 0) is 18.2 Å². The van der Waals surface area contributed by atoms with Crippen molar-refractivity contribution in [3.8, 4) is 22.6 Å². The van der Waals surface area contributed by atoms with Crippen molar-refractivity contribution >= 4 is 40.5 Å². The standard InChI is InChI=1S/C15H8Cl3N3O2/c16-9-5-4-8(6-11(9)18)12-7-19-15(20-12)14-10(17)2-1-3-13(14)21(22)23/h1-7H,(H,19,20). The molecule has 3 aromatic rings. The zero-order valence-corrected chi connectivity index (χ0v) is 13.7. The number of nitrogens with one attached hydrogen (secondary N) is 1. The lowest BCUT2D eigenvalue weighted by Crippen LogP contribution is -1.93. The van der Waals surface area contributed by atoms with Gasteiger partial charge in [0.25, 0.3) is 5.69 Å². The molecule has 0 amide bonds. The summed E-state index contributed by atoms with van der Waals surface area (Å²) in [6.45, 7) is 0. The molecule has 0 fully saturated rings. The first-order valence-corrected chi connectivity index (χ1v) is 7.54. The van der Waals surface area contributed by atoms with Crippen LogP contribution in [-0.4, -0.2) is 14.9 Å². The average molecular weight is 369 g/mol. The van der Waals surface area contributed by atoms with Crippen molar-refractivity contribution in [2.75, 3.05) is 0 Å². The number of halogens is 3. The molecule has 0 aliphatic heterocycles. The molecule has 0 saturated carbocycles. The van der Waals surface area contributed by atoms with Gasteiger partial charge in [-0.1, -0.05) is 46.9 Å². The van der Waals surface area contributed by atoms with Gasteiger partial charge in [0.1, 0.15) is 11.4 Å². The zero-order valence-electron chi connectivity index (χ0n) is 11.4. The fraction of sp³-hybridized carbons (Fsp3) is 0. The minimum Gasteiger partial charge on any atom is -0.338 e. The second-order valence-corrected chi connectivity index (χ2v) is 5.89. The van der Waals surface area contributed by atoms with Crippen molar-refractivity contribution in [1.29, 1.82) is 0 Å². The van der Waals surface area contributed by atoms with Crippen LogP contribution in [0.15, 0.2) is 42.6 Å². The van der Waals surface area contributed by atoms with Gasteiger partial charge in [0.05, 0.1) is 31.9 Å². The minimum absolute atomic E-state index is 0.118. The number of hydrogen-bond acceptors (Lipinski definition) is 3. The number of nitro groups is 1. The Kier molecular flexibility index (Phi) is 4.26. The SMILES string of the molecule is O=[N+]([O-])c1cccc(Cl)c1-c1ncc(-c2ccc(Cl)c(Cl)c2)[nH]1. The van der Waals surface area contributed by atoms with Gasteiger partial charge in [-0.2, -0.15) is 0 Å². The van der Waals surface area contributed by atoms with Gasteiger partial charge >= 0.3 is 0 Å². The Morgan fingerprint density at radius 2 is 1.83 bits per heavy atom. The molecule has 1 N–H and O–H groups in total. The highest BCUT2D eigenvalue weighted by Crippen LogP contribution is 2.36. The molecule has 0 radical (unpaired) electrons. The lowest BCUT2D eigenvalue weighted by Gasteiger charge is -2.03. The van der Waals surface area contributed by atoms with E-state index in [2.05, 4.69) is 9.97 Å². The summed E-state index contributed by atoms with van der Waals surface area (Å²) in [5, 5.41) is 12.3. The first kappa shape index (κ1) is 15.8. The Bertz CT molecular complexity index is 909. The van der Waals surface area contributed by atoms with E-state index in [0.717, 1.165) is 5.56 Å². The number of nitro benzene ring substituents is 1. The number of hydrogen-bond donors (Lipinski definition) is 1. The smallest absolute Gasteiger partial charge is 0.281 e. The Hall–Kier alpha value is -2.08. The second kappa shape index (κ2) is 6.20. The maximum atomic E-state index is 11.2. The van der Waals surface area contributed by atoms with E-state index in [-0.39, 0.29) is 16.3 Å². The number of H-pyrrole nitrogens is 1. The third kappa shape index (κ3) is 3.03. The van der Waals surface area contributed by atoms with E-state index in [1.807, 2.05) is 0 Å². The number of imidazole rings is 1. The van der Waals surface area contributed by atoms with E-state index >= 15 is 0 Å². The van der Waals surface area contributed by atoms with E-state index in [4.69, 9.17) is 34.8 Å². The Labute approximate surface area is 146 Å². The van der Waals surface area contributed by atoms with E-state index in [0.29, 0.717) is 21.6 Å². The Morgan fingerprint density at radius 3 is 2.52 bits per heavy atom. The molecule has 0 aliphatic carbocycles. The summed E-state index contributed by atoms with van der Waals surface area (Å²) in [5.41, 5.74) is 1.53. The quantitative estimate of drug-likeness (QED) is 0.482. The molecule has 2 aromatic carbocycles. The Morgan fingerprint density at radius 1 is 1.04 bits per heavy atom. The molecular formula is C15H8Cl3N3O2. The van der Waals surface area contributed by atoms with Gasteiger partial charge < -0.3 is 4.98 Å².